The zero-order valence-electron chi connectivity index (χ0n) is 4.26. The van der Waals surface area contributed by atoms with Gasteiger partial charge in [0.2, 0.25) is 0 Å². The van der Waals surface area contributed by atoms with Crippen molar-refractivity contribution in [3.05, 3.63) is 0 Å². The fraction of sp³-hybridized carbons (Fsp3) is 1.00. The summed E-state index contributed by atoms with van der Waals surface area (Å²) < 4.78 is 8.26. The van der Waals surface area contributed by atoms with Gasteiger partial charge in [0.15, 0.2) is 0 Å². The van der Waals surface area contributed by atoms with Crippen LogP contribution < -0.4 is 0 Å². The Morgan fingerprint density at radius 2 is 1.17 bits per heavy atom. The Kier molecular flexibility index (Phi) is 14.6. The maximum atomic E-state index is 8.26. The standard InChI is InChI=1S/C3H9N.Mo.O/c1-4(2)3;;/h1-3H3;;. The molecule has 0 spiro atoms. The molecule has 0 aliphatic rings. The van der Waals surface area contributed by atoms with E-state index in [-0.39, 0.29) is 0 Å². The fourth-order valence-electron chi connectivity index (χ4n) is 0. The maximum absolute atomic E-state index is 8.26. The Hall–Kier alpha value is 0.448. The van der Waals surface area contributed by atoms with Gasteiger partial charge in [-0.15, -0.1) is 0 Å². The summed E-state index contributed by atoms with van der Waals surface area (Å²) >= 11 is 0.700. The summed E-state index contributed by atoms with van der Waals surface area (Å²) in [5.41, 5.74) is 0. The van der Waals surface area contributed by atoms with Gasteiger partial charge in [0.25, 0.3) is 0 Å². The van der Waals surface area contributed by atoms with Gasteiger partial charge in [0.1, 0.15) is 0 Å². The fourth-order valence-corrected chi connectivity index (χ4v) is 0. The predicted molar refractivity (Wildman–Crippen MR) is 20.3 cm³/mol. The summed E-state index contributed by atoms with van der Waals surface area (Å²) in [4.78, 5) is 2.00. The molecule has 0 aliphatic carbocycles. The first-order valence-electron chi connectivity index (χ1n) is 1.51. The molecule has 0 radical (unpaired) electrons. The van der Waals surface area contributed by atoms with Crippen LogP contribution in [0.15, 0.2) is 0 Å². The van der Waals surface area contributed by atoms with Crippen molar-refractivity contribution in [2.45, 2.75) is 0 Å². The van der Waals surface area contributed by atoms with Crippen molar-refractivity contribution in [3.8, 4) is 0 Å². The van der Waals surface area contributed by atoms with Crippen LogP contribution in [0.5, 0.6) is 0 Å². The van der Waals surface area contributed by atoms with Crippen molar-refractivity contribution < 1.29 is 23.2 Å². The molecule has 6 heavy (non-hydrogen) atoms. The number of hydrogen-bond acceptors (Lipinski definition) is 2. The molecule has 2 nitrogen and oxygen atoms in total. The van der Waals surface area contributed by atoms with E-state index in [2.05, 4.69) is 0 Å². The van der Waals surface area contributed by atoms with E-state index < -0.39 is 0 Å². The van der Waals surface area contributed by atoms with E-state index >= 15 is 0 Å². The van der Waals surface area contributed by atoms with Crippen LogP contribution in [0.3, 0.4) is 0 Å². The summed E-state index contributed by atoms with van der Waals surface area (Å²) in [6.45, 7) is 0. The van der Waals surface area contributed by atoms with E-state index in [1.807, 2.05) is 26.0 Å². The van der Waals surface area contributed by atoms with Crippen LogP contribution in [0, 0.1) is 0 Å². The Bertz CT molecular complexity index is 22.0. The van der Waals surface area contributed by atoms with Gasteiger partial charge in [-0.25, -0.2) is 0 Å². The molecule has 0 aromatic heterocycles. The third kappa shape index (κ3) is 263. The molecule has 0 rings (SSSR count). The van der Waals surface area contributed by atoms with Crippen molar-refractivity contribution >= 4 is 0 Å². The minimum absolute atomic E-state index is 0.700. The van der Waals surface area contributed by atoms with Crippen LogP contribution >= 0.6 is 0 Å². The first-order chi connectivity index (χ1) is 2.73. The molecule has 0 saturated carbocycles. The third-order valence-electron chi connectivity index (χ3n) is 0. The number of nitrogens with zero attached hydrogens (tertiary/aromatic N) is 1. The summed E-state index contributed by atoms with van der Waals surface area (Å²) in [5.74, 6) is 0. The number of rotatable bonds is 0. The van der Waals surface area contributed by atoms with Crippen molar-refractivity contribution in [3.63, 3.8) is 0 Å². The zero-order chi connectivity index (χ0) is 5.58. The van der Waals surface area contributed by atoms with Crippen molar-refractivity contribution in [1.82, 2.24) is 4.90 Å². The average Bonchev–Trinajstić information content (AvgIpc) is 1.41. The molecule has 0 amide bonds. The molecule has 38 valence electrons. The molecule has 0 bridgehead atoms. The second-order valence-electron chi connectivity index (χ2n) is 1.34. The van der Waals surface area contributed by atoms with Gasteiger partial charge in [-0.3, -0.25) is 0 Å². The quantitative estimate of drug-likeness (QED) is 0.480. The molecule has 0 N–H and O–H groups in total. The van der Waals surface area contributed by atoms with Gasteiger partial charge in [0, 0.05) is 0 Å². The topological polar surface area (TPSA) is 20.3 Å². The third-order valence-corrected chi connectivity index (χ3v) is 0. The van der Waals surface area contributed by atoms with Gasteiger partial charge in [-0.05, 0) is 21.1 Å². The number of hydrogen-bond donors (Lipinski definition) is 0. The molecular weight excluding hydrogens is 162 g/mol. The van der Waals surface area contributed by atoms with Crippen LogP contribution in [0.4, 0.5) is 0 Å². The summed E-state index contributed by atoms with van der Waals surface area (Å²) in [7, 11) is 6.00. The molecule has 0 aliphatic heterocycles. The van der Waals surface area contributed by atoms with Crippen LogP contribution in [0.25, 0.3) is 0 Å². The second kappa shape index (κ2) is 9.07. The second-order valence-corrected chi connectivity index (χ2v) is 1.34. The zero-order valence-corrected chi connectivity index (χ0v) is 6.27. The Balaban J connectivity index is 0. The molecule has 0 aromatic rings. The first-order valence-corrected chi connectivity index (χ1v) is 2.33. The molecular formula is C3H9MoNO. The average molecular weight is 171 g/mol. The van der Waals surface area contributed by atoms with E-state index in [4.69, 9.17) is 3.40 Å². The Morgan fingerprint density at radius 1 is 1.17 bits per heavy atom. The molecule has 0 saturated heterocycles. The summed E-state index contributed by atoms with van der Waals surface area (Å²) in [6, 6.07) is 0. The van der Waals surface area contributed by atoms with Crippen molar-refractivity contribution in [1.29, 1.82) is 0 Å². The van der Waals surface area contributed by atoms with E-state index in [0.717, 1.165) is 0 Å². The van der Waals surface area contributed by atoms with Crippen molar-refractivity contribution in [2.75, 3.05) is 21.1 Å². The Morgan fingerprint density at radius 3 is 1.17 bits per heavy atom. The monoisotopic (exact) mass is 173 g/mol. The summed E-state index contributed by atoms with van der Waals surface area (Å²) in [5, 5.41) is 0. The van der Waals surface area contributed by atoms with Crippen molar-refractivity contribution in [2.24, 2.45) is 0 Å². The van der Waals surface area contributed by atoms with E-state index in [1.54, 1.807) is 0 Å². The molecule has 0 atom stereocenters. The Labute approximate surface area is 49.7 Å². The van der Waals surface area contributed by atoms with E-state index in [9.17, 15) is 0 Å². The van der Waals surface area contributed by atoms with E-state index in [1.165, 1.54) is 0 Å². The first kappa shape index (κ1) is 9.67. The van der Waals surface area contributed by atoms with Gasteiger partial charge in [-0.1, -0.05) is 0 Å². The van der Waals surface area contributed by atoms with E-state index in [0.29, 0.717) is 19.8 Å². The van der Waals surface area contributed by atoms with Gasteiger partial charge in [0.05, 0.1) is 0 Å². The molecule has 0 heterocycles. The minimum atomic E-state index is 0.700. The molecule has 0 unspecified atom stereocenters. The van der Waals surface area contributed by atoms with Gasteiger partial charge < -0.3 is 4.90 Å². The summed E-state index contributed by atoms with van der Waals surface area (Å²) in [6.07, 6.45) is 0. The molecule has 0 fully saturated rings. The van der Waals surface area contributed by atoms with Crippen LogP contribution in [-0.2, 0) is 23.2 Å². The SMILES string of the molecule is CN(C)C.[O]=[Mo]. The van der Waals surface area contributed by atoms with Crippen LogP contribution in [-0.4, -0.2) is 26.0 Å². The predicted octanol–water partition coefficient (Wildman–Crippen LogP) is 0.0565. The van der Waals surface area contributed by atoms with Crippen LogP contribution in [0.2, 0.25) is 0 Å². The van der Waals surface area contributed by atoms with Gasteiger partial charge in [-0.2, -0.15) is 0 Å². The van der Waals surface area contributed by atoms with Gasteiger partial charge >= 0.3 is 23.2 Å². The molecule has 0 aromatic carbocycles. The van der Waals surface area contributed by atoms with Crippen LogP contribution in [0.1, 0.15) is 0 Å². The normalized spacial score (nSPS) is 6.67. The molecule has 3 heteroatoms.